The van der Waals surface area contributed by atoms with Crippen molar-refractivity contribution in [1.82, 2.24) is 0 Å². The normalized spacial score (nSPS) is 12.0. The Hall–Kier alpha value is 0.150. The van der Waals surface area contributed by atoms with Crippen LogP contribution in [0.5, 0.6) is 0 Å². The van der Waals surface area contributed by atoms with Gasteiger partial charge in [0.25, 0.3) is 0 Å². The zero-order valence-electron chi connectivity index (χ0n) is 26.6. The van der Waals surface area contributed by atoms with Crippen molar-refractivity contribution < 1.29 is 13.6 Å². The van der Waals surface area contributed by atoms with Gasteiger partial charge in [-0.2, -0.15) is 0 Å². The summed E-state index contributed by atoms with van der Waals surface area (Å²) in [5.41, 5.74) is 0. The smallest absolute Gasteiger partial charge is 0.309 e. The maximum atomic E-state index is 12.8. The predicted octanol–water partition coefficient (Wildman–Crippen LogP) is 13.2. The second kappa shape index (κ2) is 31.7. The van der Waals surface area contributed by atoms with Crippen LogP contribution in [-0.2, 0) is 13.6 Å². The summed E-state index contributed by atoms with van der Waals surface area (Å²) in [6, 6.07) is 0. The lowest BCUT2D eigenvalue weighted by Crippen LogP contribution is -2.01. The molecule has 0 unspecified atom stereocenters. The molecule has 3 nitrogen and oxygen atoms in total. The van der Waals surface area contributed by atoms with E-state index in [1.165, 1.54) is 167 Å². The van der Waals surface area contributed by atoms with Gasteiger partial charge in [-0.15, -0.1) is 0 Å². The van der Waals surface area contributed by atoms with Crippen LogP contribution in [0.4, 0.5) is 0 Å². The maximum Gasteiger partial charge on any atom is 0.330 e. The molecule has 0 aliphatic rings. The van der Waals surface area contributed by atoms with Crippen LogP contribution < -0.4 is 0 Å². The van der Waals surface area contributed by atoms with Crippen LogP contribution in [0.15, 0.2) is 0 Å². The molecule has 0 fully saturated rings. The van der Waals surface area contributed by atoms with Crippen LogP contribution in [0, 0.1) is 0 Å². The molecule has 0 saturated carbocycles. The van der Waals surface area contributed by atoms with E-state index >= 15 is 0 Å². The fourth-order valence-electron chi connectivity index (χ4n) is 5.22. The van der Waals surface area contributed by atoms with Gasteiger partial charge in [-0.1, -0.05) is 188 Å². The van der Waals surface area contributed by atoms with Gasteiger partial charge in [-0.25, -0.2) is 0 Å². The van der Waals surface area contributed by atoms with Gasteiger partial charge in [-0.3, -0.25) is 4.57 Å². The minimum atomic E-state index is -2.87. The lowest BCUT2D eigenvalue weighted by atomic mass is 10.0. The Morgan fingerprint density at radius 1 is 0.342 bits per heavy atom. The summed E-state index contributed by atoms with van der Waals surface area (Å²) >= 11 is 0. The molecule has 0 bridgehead atoms. The molecule has 0 aliphatic heterocycles. The average Bonchev–Trinajstić information content (AvgIpc) is 2.93. The fraction of sp³-hybridized carbons (Fsp3) is 1.00. The Morgan fingerprint density at radius 2 is 0.553 bits per heavy atom. The van der Waals surface area contributed by atoms with E-state index in [1.807, 2.05) is 6.92 Å². The van der Waals surface area contributed by atoms with E-state index in [2.05, 4.69) is 13.8 Å². The van der Waals surface area contributed by atoms with Crippen LogP contribution in [0.25, 0.3) is 0 Å². The van der Waals surface area contributed by atoms with E-state index in [0.717, 1.165) is 12.8 Å². The number of hydrogen-bond acceptors (Lipinski definition) is 3. The van der Waals surface area contributed by atoms with E-state index < -0.39 is 7.60 Å². The fourth-order valence-corrected chi connectivity index (χ4v) is 6.47. The third-order valence-electron chi connectivity index (χ3n) is 7.96. The maximum absolute atomic E-state index is 12.8. The molecule has 38 heavy (non-hydrogen) atoms. The SMILES string of the molecule is CCCCCCCCCCCCCCCCOP(=O)(CC)OCCCCCCCCCCCCCCCC. The van der Waals surface area contributed by atoms with Crippen molar-refractivity contribution in [2.45, 2.75) is 201 Å². The van der Waals surface area contributed by atoms with Crippen LogP contribution in [0.2, 0.25) is 0 Å². The molecule has 0 N–H and O–H groups in total. The zero-order chi connectivity index (χ0) is 27.8. The number of hydrogen-bond donors (Lipinski definition) is 0. The molecule has 0 amide bonds. The van der Waals surface area contributed by atoms with Crippen LogP contribution in [0.1, 0.15) is 201 Å². The second-order valence-electron chi connectivity index (χ2n) is 11.8. The Balaban J connectivity index is 3.40. The standard InChI is InChI=1S/C34H71O3P/c1-4-7-9-11-13-15-17-19-21-23-25-27-29-31-33-36-38(35,6-3)37-34-32-30-28-26-24-22-20-18-16-14-12-10-8-5-2/h4-34H2,1-3H3. The first-order chi connectivity index (χ1) is 18.7. The topological polar surface area (TPSA) is 35.5 Å². The van der Waals surface area contributed by atoms with Crippen molar-refractivity contribution in [3.05, 3.63) is 0 Å². The molecule has 230 valence electrons. The molecule has 0 radical (unpaired) electrons. The minimum Gasteiger partial charge on any atom is -0.309 e. The summed E-state index contributed by atoms with van der Waals surface area (Å²) in [5, 5.41) is 0. The van der Waals surface area contributed by atoms with Crippen LogP contribution in [-0.4, -0.2) is 19.4 Å². The summed E-state index contributed by atoms with van der Waals surface area (Å²) in [7, 11) is -2.87. The lowest BCUT2D eigenvalue weighted by molar-refractivity contribution is 0.198. The van der Waals surface area contributed by atoms with Gasteiger partial charge < -0.3 is 9.05 Å². The predicted molar refractivity (Wildman–Crippen MR) is 171 cm³/mol. The molecule has 0 aromatic carbocycles. The summed E-state index contributed by atoms with van der Waals surface area (Å²) in [6.07, 6.45) is 38.2. The van der Waals surface area contributed by atoms with E-state index in [-0.39, 0.29) is 0 Å². The number of unbranched alkanes of at least 4 members (excludes halogenated alkanes) is 26. The van der Waals surface area contributed by atoms with Gasteiger partial charge in [0.2, 0.25) is 0 Å². The van der Waals surface area contributed by atoms with Gasteiger partial charge in [0.1, 0.15) is 0 Å². The van der Waals surface area contributed by atoms with Crippen molar-refractivity contribution in [3.8, 4) is 0 Å². The summed E-state index contributed by atoms with van der Waals surface area (Å²) in [6.45, 7) is 7.67. The Morgan fingerprint density at radius 3 is 0.763 bits per heavy atom. The molecule has 0 spiro atoms. The quantitative estimate of drug-likeness (QED) is 0.0593. The molecule has 0 saturated heterocycles. The second-order valence-corrected chi connectivity index (χ2v) is 14.2. The average molecular weight is 559 g/mol. The van der Waals surface area contributed by atoms with Crippen molar-refractivity contribution >= 4 is 7.60 Å². The van der Waals surface area contributed by atoms with Crippen molar-refractivity contribution in [1.29, 1.82) is 0 Å². The third kappa shape index (κ3) is 29.1. The molecule has 0 heterocycles. The van der Waals surface area contributed by atoms with Crippen molar-refractivity contribution in [2.75, 3.05) is 19.4 Å². The first-order valence-electron chi connectivity index (χ1n) is 17.6. The largest absolute Gasteiger partial charge is 0.330 e. The Bertz CT molecular complexity index is 444. The van der Waals surface area contributed by atoms with E-state index in [1.54, 1.807) is 0 Å². The highest BCUT2D eigenvalue weighted by atomic mass is 31.2. The molecule has 0 atom stereocenters. The van der Waals surface area contributed by atoms with Gasteiger partial charge in [0, 0.05) is 6.16 Å². The van der Waals surface area contributed by atoms with E-state index in [9.17, 15) is 4.57 Å². The van der Waals surface area contributed by atoms with Crippen LogP contribution in [0.3, 0.4) is 0 Å². The van der Waals surface area contributed by atoms with Gasteiger partial charge in [0.15, 0.2) is 0 Å². The Kier molecular flexibility index (Phi) is 31.8. The molecular formula is C34H71O3P. The Labute approximate surface area is 240 Å². The molecule has 0 aromatic rings. The van der Waals surface area contributed by atoms with Crippen molar-refractivity contribution in [2.24, 2.45) is 0 Å². The monoisotopic (exact) mass is 559 g/mol. The lowest BCUT2D eigenvalue weighted by Gasteiger charge is -2.17. The highest BCUT2D eigenvalue weighted by Crippen LogP contribution is 2.48. The summed E-state index contributed by atoms with van der Waals surface area (Å²) in [5.74, 6) is 0. The highest BCUT2D eigenvalue weighted by molar-refractivity contribution is 7.53. The van der Waals surface area contributed by atoms with E-state index in [4.69, 9.17) is 9.05 Å². The first-order valence-corrected chi connectivity index (χ1v) is 19.3. The van der Waals surface area contributed by atoms with Crippen molar-refractivity contribution in [3.63, 3.8) is 0 Å². The molecule has 0 rings (SSSR count). The highest BCUT2D eigenvalue weighted by Gasteiger charge is 2.21. The zero-order valence-corrected chi connectivity index (χ0v) is 27.5. The molecule has 0 aliphatic carbocycles. The number of rotatable bonds is 33. The third-order valence-corrected chi connectivity index (χ3v) is 9.89. The molecule has 0 aromatic heterocycles. The molecule has 4 heteroatoms. The molecular weight excluding hydrogens is 487 g/mol. The first kappa shape index (κ1) is 38.1. The summed E-state index contributed by atoms with van der Waals surface area (Å²) < 4.78 is 24.3. The summed E-state index contributed by atoms with van der Waals surface area (Å²) in [4.78, 5) is 0. The van der Waals surface area contributed by atoms with Gasteiger partial charge >= 0.3 is 7.60 Å². The van der Waals surface area contributed by atoms with E-state index in [0.29, 0.717) is 19.4 Å². The minimum absolute atomic E-state index is 0.490. The van der Waals surface area contributed by atoms with Gasteiger partial charge in [-0.05, 0) is 12.8 Å². The van der Waals surface area contributed by atoms with Crippen LogP contribution >= 0.6 is 7.60 Å². The van der Waals surface area contributed by atoms with Gasteiger partial charge in [0.05, 0.1) is 13.2 Å².